The fourth-order valence-electron chi connectivity index (χ4n) is 2.68. The Hall–Kier alpha value is -2.22. The van der Waals surface area contributed by atoms with Crippen LogP contribution in [0.5, 0.6) is 0 Å². The Morgan fingerprint density at radius 2 is 1.73 bits per heavy atom. The van der Waals surface area contributed by atoms with Gasteiger partial charge < -0.3 is 15.3 Å². The number of carboxylic acid groups (broad SMARTS) is 1. The fourth-order valence-corrected chi connectivity index (χ4v) is 2.68. The molecule has 26 heavy (non-hydrogen) atoms. The highest BCUT2D eigenvalue weighted by atomic mass is 16.4. The van der Waals surface area contributed by atoms with E-state index in [1.807, 2.05) is 19.0 Å². The number of unbranched alkanes of at least 4 members (excludes halogenated alkanes) is 3. The summed E-state index contributed by atoms with van der Waals surface area (Å²) in [5, 5.41) is 11.8. The van der Waals surface area contributed by atoms with E-state index >= 15 is 0 Å². The number of carbonyl (C=O) groups is 4. The molecule has 1 aliphatic heterocycles. The minimum absolute atomic E-state index is 0.238. The molecule has 0 spiro atoms. The lowest BCUT2D eigenvalue weighted by molar-refractivity contribution is -0.142. The molecule has 0 aromatic carbocycles. The lowest BCUT2D eigenvalue weighted by atomic mass is 10.1. The molecule has 1 heterocycles. The number of nitrogens with one attached hydrogen (secondary N) is 1. The molecule has 1 aliphatic rings. The maximum absolute atomic E-state index is 11.9. The van der Waals surface area contributed by atoms with Gasteiger partial charge >= 0.3 is 5.97 Å². The number of hydrogen-bond acceptors (Lipinski definition) is 5. The second kappa shape index (κ2) is 11.4. The molecule has 8 nitrogen and oxygen atoms in total. The van der Waals surface area contributed by atoms with E-state index in [-0.39, 0.29) is 24.1 Å². The molecule has 0 unspecified atom stereocenters. The average molecular weight is 367 g/mol. The van der Waals surface area contributed by atoms with E-state index in [0.717, 1.165) is 19.4 Å². The first-order chi connectivity index (χ1) is 12.3. The molecule has 8 heteroatoms. The minimum atomic E-state index is -1.01. The molecule has 0 saturated heterocycles. The Kier molecular flexibility index (Phi) is 9.57. The average Bonchev–Trinajstić information content (AvgIpc) is 2.88. The molecule has 0 saturated carbocycles. The predicted octanol–water partition coefficient (Wildman–Crippen LogP) is 0.773. The van der Waals surface area contributed by atoms with Crippen LogP contribution in [0, 0.1) is 0 Å². The molecule has 3 amide bonds. The number of imide groups is 1. The Bertz CT molecular complexity index is 527. The van der Waals surface area contributed by atoms with Crippen LogP contribution >= 0.6 is 0 Å². The third-order valence-corrected chi connectivity index (χ3v) is 4.17. The van der Waals surface area contributed by atoms with Gasteiger partial charge in [-0.2, -0.15) is 0 Å². The maximum Gasteiger partial charge on any atom is 0.326 e. The number of rotatable bonds is 13. The number of carboxylic acids is 1. The summed E-state index contributed by atoms with van der Waals surface area (Å²) in [6.07, 6.45) is 6.67. The van der Waals surface area contributed by atoms with Crippen molar-refractivity contribution in [2.24, 2.45) is 0 Å². The van der Waals surface area contributed by atoms with Crippen molar-refractivity contribution in [1.82, 2.24) is 15.1 Å². The number of aliphatic carboxylic acids is 1. The predicted molar refractivity (Wildman–Crippen MR) is 96.3 cm³/mol. The SMILES string of the molecule is CN(C)CCCC[C@H](NC(=O)CCCCCN1C(=O)C=CC1=O)C(=O)O. The van der Waals surface area contributed by atoms with Gasteiger partial charge in [0.05, 0.1) is 0 Å². The normalized spacial score (nSPS) is 15.0. The van der Waals surface area contributed by atoms with Crippen LogP contribution in [0.15, 0.2) is 12.2 Å². The largest absolute Gasteiger partial charge is 0.480 e. The highest BCUT2D eigenvalue weighted by Crippen LogP contribution is 2.08. The molecule has 0 aromatic heterocycles. The third-order valence-electron chi connectivity index (χ3n) is 4.17. The second-order valence-corrected chi connectivity index (χ2v) is 6.73. The molecule has 2 N–H and O–H groups in total. The van der Waals surface area contributed by atoms with Crippen LogP contribution in [0.2, 0.25) is 0 Å². The van der Waals surface area contributed by atoms with Gasteiger partial charge in [0.15, 0.2) is 0 Å². The summed E-state index contributed by atoms with van der Waals surface area (Å²) < 4.78 is 0. The van der Waals surface area contributed by atoms with Crippen LogP contribution in [0.25, 0.3) is 0 Å². The van der Waals surface area contributed by atoms with Crippen LogP contribution in [-0.2, 0) is 19.2 Å². The van der Waals surface area contributed by atoms with Gasteiger partial charge in [0, 0.05) is 25.1 Å². The van der Waals surface area contributed by atoms with Crippen LogP contribution in [-0.4, -0.2) is 71.8 Å². The Labute approximate surface area is 154 Å². The molecule has 0 radical (unpaired) electrons. The summed E-state index contributed by atoms with van der Waals surface area (Å²) in [7, 11) is 3.92. The summed E-state index contributed by atoms with van der Waals surface area (Å²) >= 11 is 0. The van der Waals surface area contributed by atoms with Gasteiger partial charge in [-0.25, -0.2) is 4.79 Å². The number of nitrogens with zero attached hydrogens (tertiary/aromatic N) is 2. The summed E-state index contributed by atoms with van der Waals surface area (Å²) in [6, 6.07) is -0.851. The molecule has 1 rings (SSSR count). The van der Waals surface area contributed by atoms with Gasteiger partial charge in [-0.15, -0.1) is 0 Å². The second-order valence-electron chi connectivity index (χ2n) is 6.73. The van der Waals surface area contributed by atoms with Gasteiger partial charge in [-0.1, -0.05) is 6.42 Å². The Balaban J connectivity index is 2.17. The monoisotopic (exact) mass is 367 g/mol. The first kappa shape index (κ1) is 21.8. The molecule has 1 atom stereocenters. The summed E-state index contributed by atoms with van der Waals surface area (Å²) in [5.41, 5.74) is 0. The first-order valence-electron chi connectivity index (χ1n) is 9.01. The van der Waals surface area contributed by atoms with E-state index < -0.39 is 12.0 Å². The van der Waals surface area contributed by atoms with E-state index in [4.69, 9.17) is 0 Å². The fraction of sp³-hybridized carbons (Fsp3) is 0.667. The molecule has 0 bridgehead atoms. The van der Waals surface area contributed by atoms with E-state index in [1.165, 1.54) is 17.1 Å². The molecule has 0 aliphatic carbocycles. The van der Waals surface area contributed by atoms with Crippen molar-refractivity contribution >= 4 is 23.7 Å². The lowest BCUT2D eigenvalue weighted by Crippen LogP contribution is -2.40. The number of carbonyl (C=O) groups excluding carboxylic acids is 3. The Morgan fingerprint density at radius 1 is 1.08 bits per heavy atom. The molecular weight excluding hydrogens is 338 g/mol. The van der Waals surface area contributed by atoms with Crippen LogP contribution < -0.4 is 5.32 Å². The number of amides is 3. The van der Waals surface area contributed by atoms with Gasteiger partial charge in [-0.3, -0.25) is 19.3 Å². The van der Waals surface area contributed by atoms with Gasteiger partial charge in [0.1, 0.15) is 6.04 Å². The van der Waals surface area contributed by atoms with E-state index in [2.05, 4.69) is 5.32 Å². The smallest absolute Gasteiger partial charge is 0.326 e. The van der Waals surface area contributed by atoms with E-state index in [0.29, 0.717) is 32.2 Å². The van der Waals surface area contributed by atoms with E-state index in [1.54, 1.807) is 0 Å². The molecular formula is C18H29N3O5. The third kappa shape index (κ3) is 8.24. The highest BCUT2D eigenvalue weighted by molar-refractivity contribution is 6.12. The topological polar surface area (TPSA) is 107 Å². The van der Waals surface area contributed by atoms with Crippen molar-refractivity contribution in [3.05, 3.63) is 12.2 Å². The molecule has 0 fully saturated rings. The summed E-state index contributed by atoms with van der Waals surface area (Å²) in [6.45, 7) is 1.23. The lowest BCUT2D eigenvalue weighted by Gasteiger charge is -2.16. The van der Waals surface area contributed by atoms with Crippen molar-refractivity contribution in [3.63, 3.8) is 0 Å². The Morgan fingerprint density at radius 3 is 2.31 bits per heavy atom. The van der Waals surface area contributed by atoms with Crippen molar-refractivity contribution < 1.29 is 24.3 Å². The standard InChI is InChI=1S/C18H29N3O5/c1-20(2)12-7-5-8-14(18(25)26)19-15(22)9-4-3-6-13-21-16(23)10-11-17(21)24/h10-11,14H,3-9,12-13H2,1-2H3,(H,19,22)(H,25,26)/t14-/m0/s1. The van der Waals surface area contributed by atoms with Crippen molar-refractivity contribution in [2.75, 3.05) is 27.2 Å². The zero-order valence-corrected chi connectivity index (χ0v) is 15.6. The van der Waals surface area contributed by atoms with Crippen molar-refractivity contribution in [3.8, 4) is 0 Å². The van der Waals surface area contributed by atoms with Gasteiger partial charge in [-0.05, 0) is 52.7 Å². The van der Waals surface area contributed by atoms with Crippen LogP contribution in [0.3, 0.4) is 0 Å². The van der Waals surface area contributed by atoms with Crippen molar-refractivity contribution in [2.45, 2.75) is 51.0 Å². The molecule has 0 aromatic rings. The van der Waals surface area contributed by atoms with Crippen LogP contribution in [0.1, 0.15) is 44.9 Å². The van der Waals surface area contributed by atoms with Crippen LogP contribution in [0.4, 0.5) is 0 Å². The zero-order chi connectivity index (χ0) is 19.5. The highest BCUT2D eigenvalue weighted by Gasteiger charge is 2.22. The molecule has 146 valence electrons. The quantitative estimate of drug-likeness (QED) is 0.368. The summed E-state index contributed by atoms with van der Waals surface area (Å²) in [4.78, 5) is 49.1. The maximum atomic E-state index is 11.9. The zero-order valence-electron chi connectivity index (χ0n) is 15.6. The summed E-state index contributed by atoms with van der Waals surface area (Å²) in [5.74, 6) is -1.89. The van der Waals surface area contributed by atoms with Crippen molar-refractivity contribution in [1.29, 1.82) is 0 Å². The first-order valence-corrected chi connectivity index (χ1v) is 9.01. The minimum Gasteiger partial charge on any atom is -0.480 e. The van der Waals surface area contributed by atoms with Gasteiger partial charge in [0.25, 0.3) is 11.8 Å². The number of hydrogen-bond donors (Lipinski definition) is 2. The van der Waals surface area contributed by atoms with Gasteiger partial charge in [0.2, 0.25) is 5.91 Å². The van der Waals surface area contributed by atoms with E-state index in [9.17, 15) is 24.3 Å².